The second-order valence-electron chi connectivity index (χ2n) is 4.79. The molecule has 1 aromatic rings. The van der Waals surface area contributed by atoms with Crippen molar-refractivity contribution in [2.45, 2.75) is 31.9 Å². The van der Waals surface area contributed by atoms with Gasteiger partial charge in [0.25, 0.3) is 6.43 Å². The lowest BCUT2D eigenvalue weighted by molar-refractivity contribution is 0.146. The minimum absolute atomic E-state index is 0.123. The molecule has 1 rings (SSSR count). The van der Waals surface area contributed by atoms with Gasteiger partial charge in [0.15, 0.2) is 0 Å². The van der Waals surface area contributed by atoms with Gasteiger partial charge in [0.1, 0.15) is 21.9 Å². The Morgan fingerprint density at radius 2 is 1.95 bits per heavy atom. The molecule has 0 heterocycles. The lowest BCUT2D eigenvalue weighted by Gasteiger charge is -2.17. The molecule has 0 fully saturated rings. The molecule has 0 aliphatic carbocycles. The zero-order chi connectivity index (χ0) is 14.8. The average molecular weight is 356 g/mol. The molecule has 0 spiro atoms. The number of nitrogens with zero attached hydrogens (tertiary/aromatic N) is 1. The summed E-state index contributed by atoms with van der Waals surface area (Å²) in [5.74, 6) is -1.05. The van der Waals surface area contributed by atoms with Crippen molar-refractivity contribution in [1.82, 2.24) is 0 Å². The highest BCUT2D eigenvalue weighted by Crippen LogP contribution is 2.28. The maximum absolute atomic E-state index is 13.8. The SMILES string of the molecule is CC(C)(C)[S@@+]([O-])/N=C/c1cc(Br)cc(C(F)F)c1F. The zero-order valence-electron chi connectivity index (χ0n) is 10.6. The lowest BCUT2D eigenvalue weighted by Crippen LogP contribution is -2.25. The van der Waals surface area contributed by atoms with Crippen molar-refractivity contribution < 1.29 is 17.7 Å². The quantitative estimate of drug-likeness (QED) is 0.584. The Labute approximate surface area is 121 Å². The lowest BCUT2D eigenvalue weighted by atomic mass is 10.1. The average Bonchev–Trinajstić information content (AvgIpc) is 2.27. The molecule has 0 saturated heterocycles. The van der Waals surface area contributed by atoms with E-state index in [9.17, 15) is 17.7 Å². The maximum Gasteiger partial charge on any atom is 0.266 e. The fraction of sp³-hybridized carbons (Fsp3) is 0.417. The Balaban J connectivity index is 3.12. The van der Waals surface area contributed by atoms with Gasteiger partial charge >= 0.3 is 0 Å². The predicted octanol–water partition coefficient (Wildman–Crippen LogP) is 4.41. The molecule has 2 nitrogen and oxygen atoms in total. The topological polar surface area (TPSA) is 35.4 Å². The summed E-state index contributed by atoms with van der Waals surface area (Å²) in [7, 11) is 0. The third-order valence-corrected chi connectivity index (χ3v) is 3.94. The summed E-state index contributed by atoms with van der Waals surface area (Å²) in [5, 5.41) is 0. The van der Waals surface area contributed by atoms with E-state index in [1.165, 1.54) is 6.07 Å². The van der Waals surface area contributed by atoms with Crippen LogP contribution in [0.5, 0.6) is 0 Å². The highest BCUT2D eigenvalue weighted by Gasteiger charge is 2.26. The van der Waals surface area contributed by atoms with Gasteiger partial charge in [0, 0.05) is 10.0 Å². The van der Waals surface area contributed by atoms with E-state index in [0.717, 1.165) is 12.3 Å². The van der Waals surface area contributed by atoms with Crippen LogP contribution in [0.15, 0.2) is 21.0 Å². The summed E-state index contributed by atoms with van der Waals surface area (Å²) < 4.78 is 54.1. The smallest absolute Gasteiger partial charge is 0.266 e. The second-order valence-corrected chi connectivity index (χ2v) is 7.64. The molecule has 0 bridgehead atoms. The van der Waals surface area contributed by atoms with E-state index in [4.69, 9.17) is 0 Å². The van der Waals surface area contributed by atoms with Crippen LogP contribution in [-0.2, 0) is 11.4 Å². The van der Waals surface area contributed by atoms with Crippen LogP contribution in [0.3, 0.4) is 0 Å². The number of halogens is 4. The van der Waals surface area contributed by atoms with Crippen LogP contribution in [0.4, 0.5) is 13.2 Å². The first-order chi connectivity index (χ1) is 8.62. The third kappa shape index (κ3) is 4.50. The summed E-state index contributed by atoms with van der Waals surface area (Å²) in [6.45, 7) is 5.13. The Kier molecular flexibility index (Phi) is 5.46. The van der Waals surface area contributed by atoms with Gasteiger partial charge in [-0.15, -0.1) is 0 Å². The summed E-state index contributed by atoms with van der Waals surface area (Å²) in [5.41, 5.74) is -0.834. The van der Waals surface area contributed by atoms with Gasteiger partial charge in [-0.3, -0.25) is 0 Å². The van der Waals surface area contributed by atoms with Gasteiger partial charge in [-0.25, -0.2) is 13.2 Å². The standard InChI is InChI=1S/C12H13BrF3NOS/c1-12(2,3)19(18)17-6-7-4-8(13)5-9(10(7)14)11(15)16/h4-6,11H,1-3H3/b17-6+/t19-/m1/s1. The third-order valence-electron chi connectivity index (χ3n) is 2.14. The van der Waals surface area contributed by atoms with Crippen LogP contribution in [0.25, 0.3) is 0 Å². The normalized spacial score (nSPS) is 14.4. The molecular formula is C12H13BrF3NOS. The molecule has 0 radical (unpaired) electrons. The van der Waals surface area contributed by atoms with Crippen LogP contribution in [0.1, 0.15) is 38.3 Å². The van der Waals surface area contributed by atoms with E-state index in [1.807, 2.05) is 0 Å². The number of alkyl halides is 2. The van der Waals surface area contributed by atoms with Crippen LogP contribution in [-0.4, -0.2) is 15.5 Å². The van der Waals surface area contributed by atoms with Gasteiger partial charge in [0.2, 0.25) is 0 Å². The molecular weight excluding hydrogens is 343 g/mol. The molecule has 19 heavy (non-hydrogen) atoms. The first-order valence-electron chi connectivity index (χ1n) is 5.36. The Hall–Kier alpha value is -0.530. The predicted molar refractivity (Wildman–Crippen MR) is 74.5 cm³/mol. The van der Waals surface area contributed by atoms with E-state index in [2.05, 4.69) is 20.3 Å². The second kappa shape index (κ2) is 6.28. The van der Waals surface area contributed by atoms with Gasteiger partial charge < -0.3 is 4.55 Å². The fourth-order valence-corrected chi connectivity index (χ4v) is 2.17. The highest BCUT2D eigenvalue weighted by molar-refractivity contribution is 9.10. The van der Waals surface area contributed by atoms with Gasteiger partial charge in [-0.2, -0.15) is 0 Å². The van der Waals surface area contributed by atoms with E-state index in [0.29, 0.717) is 4.47 Å². The zero-order valence-corrected chi connectivity index (χ0v) is 13.0. The van der Waals surface area contributed by atoms with Gasteiger partial charge in [0.05, 0.1) is 11.8 Å². The van der Waals surface area contributed by atoms with Crippen molar-refractivity contribution in [3.8, 4) is 0 Å². The summed E-state index contributed by atoms with van der Waals surface area (Å²) >= 11 is 1.45. The van der Waals surface area contributed by atoms with Crippen molar-refractivity contribution >= 4 is 33.5 Å². The van der Waals surface area contributed by atoms with E-state index in [-0.39, 0.29) is 5.56 Å². The number of rotatable bonds is 3. The molecule has 106 valence electrons. The molecule has 7 heteroatoms. The summed E-state index contributed by atoms with van der Waals surface area (Å²) in [6, 6.07) is 2.32. The van der Waals surface area contributed by atoms with Crippen molar-refractivity contribution in [2.24, 2.45) is 4.40 Å². The van der Waals surface area contributed by atoms with Crippen molar-refractivity contribution in [3.63, 3.8) is 0 Å². The van der Waals surface area contributed by atoms with Crippen LogP contribution >= 0.6 is 15.9 Å². The first-order valence-corrected chi connectivity index (χ1v) is 7.26. The van der Waals surface area contributed by atoms with E-state index >= 15 is 0 Å². The molecule has 1 atom stereocenters. The number of hydrogen-bond donors (Lipinski definition) is 0. The molecule has 0 aromatic heterocycles. The monoisotopic (exact) mass is 355 g/mol. The Bertz CT molecular complexity index is 489. The molecule has 0 aliphatic heterocycles. The maximum atomic E-state index is 13.8. The first kappa shape index (κ1) is 16.5. The highest BCUT2D eigenvalue weighted by atomic mass is 79.9. The van der Waals surface area contributed by atoms with Crippen LogP contribution in [0, 0.1) is 5.82 Å². The summed E-state index contributed by atoms with van der Waals surface area (Å²) in [4.78, 5) is 0. The number of benzene rings is 1. The molecule has 1 aromatic carbocycles. The van der Waals surface area contributed by atoms with Gasteiger partial charge in [-0.1, -0.05) is 20.3 Å². The fourth-order valence-electron chi connectivity index (χ4n) is 1.15. The van der Waals surface area contributed by atoms with Crippen molar-refractivity contribution in [2.75, 3.05) is 0 Å². The van der Waals surface area contributed by atoms with Gasteiger partial charge in [-0.05, 0) is 32.9 Å². The van der Waals surface area contributed by atoms with E-state index < -0.39 is 33.9 Å². The minimum atomic E-state index is -2.92. The molecule has 0 aliphatic rings. The Morgan fingerprint density at radius 3 is 2.42 bits per heavy atom. The molecule has 0 amide bonds. The van der Waals surface area contributed by atoms with Crippen LogP contribution in [0.2, 0.25) is 0 Å². The van der Waals surface area contributed by atoms with Crippen molar-refractivity contribution in [1.29, 1.82) is 0 Å². The summed E-state index contributed by atoms with van der Waals surface area (Å²) in [6.07, 6.45) is -1.90. The number of hydrogen-bond acceptors (Lipinski definition) is 2. The van der Waals surface area contributed by atoms with Crippen molar-refractivity contribution in [3.05, 3.63) is 33.5 Å². The van der Waals surface area contributed by atoms with Crippen LogP contribution < -0.4 is 0 Å². The minimum Gasteiger partial charge on any atom is -0.591 e. The molecule has 0 unspecified atom stereocenters. The largest absolute Gasteiger partial charge is 0.591 e. The molecule has 0 saturated carbocycles. The molecule has 0 N–H and O–H groups in total. The van der Waals surface area contributed by atoms with E-state index in [1.54, 1.807) is 20.8 Å². The Morgan fingerprint density at radius 1 is 1.37 bits per heavy atom.